The first kappa shape index (κ1) is 13.8. The second-order valence-electron chi connectivity index (χ2n) is 3.90. The number of halogens is 1. The number of anilines is 2. The van der Waals surface area contributed by atoms with Gasteiger partial charge in [0.2, 0.25) is 0 Å². The summed E-state index contributed by atoms with van der Waals surface area (Å²) in [7, 11) is 2.73. The molecule has 1 heterocycles. The molecule has 6 heteroatoms. The SMILES string of the molecule is COC(=O)c1cccnc1Nc1cc(F)cc(OC)c1. The van der Waals surface area contributed by atoms with Gasteiger partial charge in [0, 0.05) is 24.0 Å². The molecule has 0 saturated heterocycles. The highest BCUT2D eigenvalue weighted by molar-refractivity contribution is 5.95. The maximum absolute atomic E-state index is 13.4. The number of esters is 1. The Bertz CT molecular complexity index is 632. The normalized spacial score (nSPS) is 9.95. The average molecular weight is 276 g/mol. The quantitative estimate of drug-likeness (QED) is 0.870. The Morgan fingerprint density at radius 2 is 2.10 bits per heavy atom. The van der Waals surface area contributed by atoms with E-state index in [1.165, 1.54) is 32.5 Å². The van der Waals surface area contributed by atoms with Crippen molar-refractivity contribution in [2.45, 2.75) is 0 Å². The van der Waals surface area contributed by atoms with E-state index in [1.807, 2.05) is 0 Å². The van der Waals surface area contributed by atoms with Crippen molar-refractivity contribution in [2.24, 2.45) is 0 Å². The van der Waals surface area contributed by atoms with Crippen molar-refractivity contribution < 1.29 is 18.7 Å². The monoisotopic (exact) mass is 276 g/mol. The molecule has 2 aromatic rings. The Hall–Kier alpha value is -2.63. The molecule has 1 aromatic heterocycles. The molecule has 0 aliphatic heterocycles. The van der Waals surface area contributed by atoms with Crippen molar-refractivity contribution >= 4 is 17.5 Å². The molecule has 20 heavy (non-hydrogen) atoms. The second kappa shape index (κ2) is 6.01. The van der Waals surface area contributed by atoms with Crippen LogP contribution in [0, 0.1) is 5.82 Å². The van der Waals surface area contributed by atoms with Gasteiger partial charge in [-0.3, -0.25) is 0 Å². The van der Waals surface area contributed by atoms with Crippen LogP contribution in [-0.2, 0) is 4.74 Å². The fourth-order valence-electron chi connectivity index (χ4n) is 1.67. The molecule has 0 radical (unpaired) electrons. The Morgan fingerprint density at radius 1 is 1.30 bits per heavy atom. The molecule has 2 rings (SSSR count). The summed E-state index contributed by atoms with van der Waals surface area (Å²) in [6.45, 7) is 0. The molecule has 0 spiro atoms. The van der Waals surface area contributed by atoms with Gasteiger partial charge in [-0.2, -0.15) is 0 Å². The van der Waals surface area contributed by atoms with Crippen LogP contribution in [0.2, 0.25) is 0 Å². The number of ether oxygens (including phenoxy) is 2. The zero-order valence-electron chi connectivity index (χ0n) is 11.0. The number of rotatable bonds is 4. The van der Waals surface area contributed by atoms with E-state index in [4.69, 9.17) is 4.74 Å². The molecule has 0 fully saturated rings. The lowest BCUT2D eigenvalue weighted by Gasteiger charge is -2.10. The first-order valence-electron chi connectivity index (χ1n) is 5.79. The summed E-state index contributed by atoms with van der Waals surface area (Å²) in [5.41, 5.74) is 0.684. The number of pyridine rings is 1. The number of hydrogen-bond acceptors (Lipinski definition) is 5. The fourth-order valence-corrected chi connectivity index (χ4v) is 1.67. The zero-order valence-corrected chi connectivity index (χ0v) is 11.0. The lowest BCUT2D eigenvalue weighted by molar-refractivity contribution is 0.0601. The van der Waals surface area contributed by atoms with Crippen LogP contribution in [0.5, 0.6) is 5.75 Å². The number of nitrogens with zero attached hydrogens (tertiary/aromatic N) is 1. The maximum atomic E-state index is 13.4. The predicted octanol–water partition coefficient (Wildman–Crippen LogP) is 2.76. The van der Waals surface area contributed by atoms with E-state index in [1.54, 1.807) is 18.2 Å². The minimum atomic E-state index is -0.524. The van der Waals surface area contributed by atoms with E-state index in [0.29, 0.717) is 11.4 Å². The van der Waals surface area contributed by atoms with Crippen molar-refractivity contribution in [2.75, 3.05) is 19.5 Å². The van der Waals surface area contributed by atoms with E-state index >= 15 is 0 Å². The standard InChI is InChI=1S/C14H13FN2O3/c1-19-11-7-9(15)6-10(8-11)17-13-12(14(18)20-2)4-3-5-16-13/h3-8H,1-2H3,(H,16,17). The van der Waals surface area contributed by atoms with Crippen molar-refractivity contribution in [3.05, 3.63) is 47.9 Å². The predicted molar refractivity (Wildman–Crippen MR) is 71.8 cm³/mol. The van der Waals surface area contributed by atoms with E-state index in [2.05, 4.69) is 15.0 Å². The molecule has 104 valence electrons. The largest absolute Gasteiger partial charge is 0.497 e. The van der Waals surface area contributed by atoms with E-state index in [-0.39, 0.29) is 11.4 Å². The van der Waals surface area contributed by atoms with Gasteiger partial charge in [-0.05, 0) is 18.2 Å². The first-order valence-corrected chi connectivity index (χ1v) is 5.79. The second-order valence-corrected chi connectivity index (χ2v) is 3.90. The van der Waals surface area contributed by atoms with Crippen LogP contribution in [0.25, 0.3) is 0 Å². The number of hydrogen-bond donors (Lipinski definition) is 1. The van der Waals surface area contributed by atoms with E-state index < -0.39 is 11.8 Å². The summed E-state index contributed by atoms with van der Waals surface area (Å²) in [5.74, 6) is -0.332. The summed E-state index contributed by atoms with van der Waals surface area (Å²) in [5, 5.41) is 2.87. The van der Waals surface area contributed by atoms with Gasteiger partial charge in [-0.15, -0.1) is 0 Å². The molecule has 0 saturated carbocycles. The smallest absolute Gasteiger partial charge is 0.341 e. The maximum Gasteiger partial charge on any atom is 0.341 e. The van der Waals surface area contributed by atoms with Crippen LogP contribution in [0.4, 0.5) is 15.9 Å². The zero-order chi connectivity index (χ0) is 14.5. The van der Waals surface area contributed by atoms with Crippen LogP contribution in [-0.4, -0.2) is 25.2 Å². The molecule has 0 aliphatic rings. The highest BCUT2D eigenvalue weighted by Gasteiger charge is 2.13. The van der Waals surface area contributed by atoms with Gasteiger partial charge in [0.15, 0.2) is 0 Å². The van der Waals surface area contributed by atoms with Crippen LogP contribution in [0.1, 0.15) is 10.4 Å². The molecule has 1 N–H and O–H groups in total. The molecule has 1 aromatic carbocycles. The number of nitrogens with one attached hydrogen (secondary N) is 1. The highest BCUT2D eigenvalue weighted by Crippen LogP contribution is 2.24. The number of aromatic nitrogens is 1. The summed E-state index contributed by atoms with van der Waals surface area (Å²) < 4.78 is 23.1. The number of carbonyl (C=O) groups is 1. The highest BCUT2D eigenvalue weighted by atomic mass is 19.1. The number of methoxy groups -OCH3 is 2. The van der Waals surface area contributed by atoms with Gasteiger partial charge in [-0.1, -0.05) is 0 Å². The molecule has 5 nitrogen and oxygen atoms in total. The number of carbonyl (C=O) groups excluding carboxylic acids is 1. The average Bonchev–Trinajstić information content (AvgIpc) is 2.46. The Labute approximate surface area is 115 Å². The molecular formula is C14H13FN2O3. The minimum absolute atomic E-state index is 0.262. The third-order valence-electron chi connectivity index (χ3n) is 2.58. The van der Waals surface area contributed by atoms with Gasteiger partial charge in [0.05, 0.1) is 14.2 Å². The molecule has 0 unspecified atom stereocenters. The number of benzene rings is 1. The lowest BCUT2D eigenvalue weighted by Crippen LogP contribution is -2.07. The topological polar surface area (TPSA) is 60.5 Å². The third kappa shape index (κ3) is 3.03. The third-order valence-corrected chi connectivity index (χ3v) is 2.58. The van der Waals surface area contributed by atoms with Gasteiger partial charge in [-0.25, -0.2) is 14.2 Å². The fraction of sp³-hybridized carbons (Fsp3) is 0.143. The van der Waals surface area contributed by atoms with Gasteiger partial charge in [0.25, 0.3) is 0 Å². The summed E-state index contributed by atoms with van der Waals surface area (Å²) in [6, 6.07) is 7.31. The van der Waals surface area contributed by atoms with Gasteiger partial charge in [0.1, 0.15) is 22.9 Å². The molecule has 0 amide bonds. The Kier molecular flexibility index (Phi) is 4.14. The van der Waals surface area contributed by atoms with Crippen LogP contribution in [0.3, 0.4) is 0 Å². The van der Waals surface area contributed by atoms with Crippen LogP contribution >= 0.6 is 0 Å². The molecule has 0 atom stereocenters. The van der Waals surface area contributed by atoms with Crippen LogP contribution < -0.4 is 10.1 Å². The Balaban J connectivity index is 2.35. The molecular weight excluding hydrogens is 263 g/mol. The summed E-state index contributed by atoms with van der Waals surface area (Å²) >= 11 is 0. The summed E-state index contributed by atoms with van der Waals surface area (Å²) in [4.78, 5) is 15.7. The van der Waals surface area contributed by atoms with Gasteiger partial charge >= 0.3 is 5.97 Å². The molecule has 0 aliphatic carbocycles. The van der Waals surface area contributed by atoms with Crippen molar-refractivity contribution in [3.8, 4) is 5.75 Å². The van der Waals surface area contributed by atoms with Gasteiger partial charge < -0.3 is 14.8 Å². The van der Waals surface area contributed by atoms with E-state index in [9.17, 15) is 9.18 Å². The van der Waals surface area contributed by atoms with Crippen molar-refractivity contribution in [1.82, 2.24) is 4.98 Å². The Morgan fingerprint density at radius 3 is 2.80 bits per heavy atom. The lowest BCUT2D eigenvalue weighted by atomic mass is 10.2. The van der Waals surface area contributed by atoms with Crippen LogP contribution in [0.15, 0.2) is 36.5 Å². The minimum Gasteiger partial charge on any atom is -0.497 e. The summed E-state index contributed by atoms with van der Waals surface area (Å²) in [6.07, 6.45) is 1.52. The van der Waals surface area contributed by atoms with E-state index in [0.717, 1.165) is 0 Å². The first-order chi connectivity index (χ1) is 9.63. The van der Waals surface area contributed by atoms with Crippen molar-refractivity contribution in [1.29, 1.82) is 0 Å². The van der Waals surface area contributed by atoms with Crippen molar-refractivity contribution in [3.63, 3.8) is 0 Å². The molecule has 0 bridgehead atoms.